The van der Waals surface area contributed by atoms with Crippen molar-refractivity contribution in [2.24, 2.45) is 0 Å². The number of likely N-dealkylation sites (tertiary alicyclic amines) is 1. The van der Waals surface area contributed by atoms with Crippen molar-refractivity contribution in [1.29, 1.82) is 0 Å². The van der Waals surface area contributed by atoms with E-state index in [0.29, 0.717) is 56.6 Å². The Morgan fingerprint density at radius 1 is 1.09 bits per heavy atom. The minimum Gasteiger partial charge on any atom is -0.492 e. The highest BCUT2D eigenvalue weighted by Crippen LogP contribution is 2.39. The fourth-order valence-electron chi connectivity index (χ4n) is 4.28. The molecule has 2 amide bonds. The summed E-state index contributed by atoms with van der Waals surface area (Å²) in [6.45, 7) is 8.08. The molecule has 3 heterocycles. The van der Waals surface area contributed by atoms with Gasteiger partial charge in [-0.25, -0.2) is 0 Å². The second-order valence-corrected chi connectivity index (χ2v) is 7.90. The lowest BCUT2D eigenvalue weighted by Gasteiger charge is -2.31. The Morgan fingerprint density at radius 3 is 2.55 bits per heavy atom. The van der Waals surface area contributed by atoms with Crippen molar-refractivity contribution in [2.75, 3.05) is 56.3 Å². The normalized spacial score (nSPS) is 18.3. The van der Waals surface area contributed by atoms with E-state index >= 15 is 0 Å². The molecule has 2 aromatic rings. The Morgan fingerprint density at radius 2 is 1.85 bits per heavy atom. The number of anilines is 2. The number of amides is 2. The molecule has 1 atom stereocenters. The smallest absolute Gasteiger partial charge is 0.290 e. The van der Waals surface area contributed by atoms with E-state index in [0.717, 1.165) is 25.2 Å². The van der Waals surface area contributed by atoms with Gasteiger partial charge < -0.3 is 33.7 Å². The molecule has 1 aromatic carbocycles. The second-order valence-electron chi connectivity index (χ2n) is 7.90. The van der Waals surface area contributed by atoms with Crippen molar-refractivity contribution in [3.8, 4) is 11.5 Å². The predicted molar refractivity (Wildman–Crippen MR) is 123 cm³/mol. The van der Waals surface area contributed by atoms with Crippen LogP contribution in [0.4, 0.5) is 11.4 Å². The molecule has 0 spiro atoms. The largest absolute Gasteiger partial charge is 0.492 e. The van der Waals surface area contributed by atoms with Gasteiger partial charge in [0.1, 0.15) is 17.5 Å². The maximum absolute atomic E-state index is 13.3. The second kappa shape index (κ2) is 10.6. The molecule has 0 radical (unpaired) electrons. The van der Waals surface area contributed by atoms with Gasteiger partial charge in [0.25, 0.3) is 5.91 Å². The van der Waals surface area contributed by atoms with Crippen molar-refractivity contribution in [2.45, 2.75) is 32.7 Å². The molecule has 0 aliphatic carbocycles. The van der Waals surface area contributed by atoms with Gasteiger partial charge in [-0.15, -0.1) is 0 Å². The third-order valence-electron chi connectivity index (χ3n) is 5.82. The summed E-state index contributed by atoms with van der Waals surface area (Å²) in [6.07, 6.45) is 2.80. The number of nitrogens with one attached hydrogen (secondary N) is 1. The van der Waals surface area contributed by atoms with Crippen LogP contribution in [0.2, 0.25) is 0 Å². The lowest BCUT2D eigenvalue weighted by molar-refractivity contribution is -0.119. The third-order valence-corrected chi connectivity index (χ3v) is 5.82. The molecule has 2 aliphatic rings. The Bertz CT molecular complexity index is 955. The van der Waals surface area contributed by atoms with Gasteiger partial charge in [-0.05, 0) is 38.8 Å². The lowest BCUT2D eigenvalue weighted by Crippen LogP contribution is -2.43. The molecule has 9 heteroatoms. The van der Waals surface area contributed by atoms with E-state index in [4.69, 9.17) is 18.6 Å². The van der Waals surface area contributed by atoms with Crippen LogP contribution in [-0.4, -0.2) is 68.8 Å². The Hall–Kier alpha value is -3.20. The molecule has 0 saturated carbocycles. The molecule has 1 aromatic heterocycles. The summed E-state index contributed by atoms with van der Waals surface area (Å²) < 4.78 is 22.5. The molecule has 9 nitrogen and oxygen atoms in total. The van der Waals surface area contributed by atoms with E-state index in [-0.39, 0.29) is 17.6 Å². The van der Waals surface area contributed by atoms with Gasteiger partial charge >= 0.3 is 0 Å². The fraction of sp³-hybridized carbons (Fsp3) is 0.500. The zero-order valence-electron chi connectivity index (χ0n) is 19.2. The first-order valence-electron chi connectivity index (χ1n) is 11.5. The Labute approximate surface area is 193 Å². The van der Waals surface area contributed by atoms with Crippen LogP contribution >= 0.6 is 0 Å². The summed E-state index contributed by atoms with van der Waals surface area (Å²) in [5.74, 6) is 0.944. The molecular formula is C24H31N3O6. The van der Waals surface area contributed by atoms with Gasteiger partial charge in [-0.3, -0.25) is 9.59 Å². The van der Waals surface area contributed by atoms with E-state index in [9.17, 15) is 9.59 Å². The van der Waals surface area contributed by atoms with Gasteiger partial charge in [-0.2, -0.15) is 0 Å². The monoisotopic (exact) mass is 457 g/mol. The van der Waals surface area contributed by atoms with Crippen molar-refractivity contribution >= 4 is 23.2 Å². The Balaban J connectivity index is 1.58. The molecule has 2 aliphatic heterocycles. The first-order chi connectivity index (χ1) is 16.1. The van der Waals surface area contributed by atoms with E-state index in [1.54, 1.807) is 17.0 Å². The number of benzene rings is 1. The van der Waals surface area contributed by atoms with Gasteiger partial charge in [0.05, 0.1) is 44.1 Å². The molecule has 2 saturated heterocycles. The molecule has 2 fully saturated rings. The summed E-state index contributed by atoms with van der Waals surface area (Å²) in [7, 11) is 0. The number of nitrogens with zero attached hydrogens (tertiary/aromatic N) is 2. The standard InChI is InChI=1S/C24H31N3O6/c1-3-31-21-16-19(26-10-13-30-14-11-26)22(32-4-2)15-17(21)25-23(28)18-7-5-9-27(18)24(29)20-8-6-12-33-20/h6,8,12,15-16,18H,3-5,7,9-11,13-14H2,1-2H3,(H,25,28). The van der Waals surface area contributed by atoms with E-state index in [1.807, 2.05) is 26.0 Å². The van der Waals surface area contributed by atoms with Crippen LogP contribution in [0.3, 0.4) is 0 Å². The molecule has 4 rings (SSSR count). The van der Waals surface area contributed by atoms with Gasteiger partial charge in [0.2, 0.25) is 5.91 Å². The molecular weight excluding hydrogens is 426 g/mol. The summed E-state index contributed by atoms with van der Waals surface area (Å²) in [5.41, 5.74) is 1.44. The van der Waals surface area contributed by atoms with Crippen molar-refractivity contribution < 1.29 is 28.2 Å². The number of furan rings is 1. The van der Waals surface area contributed by atoms with Crippen molar-refractivity contribution in [1.82, 2.24) is 4.90 Å². The first-order valence-corrected chi connectivity index (χ1v) is 11.5. The number of hydrogen-bond acceptors (Lipinski definition) is 7. The predicted octanol–water partition coefficient (Wildman–Crippen LogP) is 3.16. The SMILES string of the molecule is CCOc1cc(N2CCOCC2)c(OCC)cc1NC(=O)C1CCCN1C(=O)c1ccco1. The van der Waals surface area contributed by atoms with Gasteiger partial charge in [-0.1, -0.05) is 0 Å². The number of ether oxygens (including phenoxy) is 3. The van der Waals surface area contributed by atoms with Crippen molar-refractivity contribution in [3.05, 3.63) is 36.3 Å². The summed E-state index contributed by atoms with van der Waals surface area (Å²) >= 11 is 0. The summed E-state index contributed by atoms with van der Waals surface area (Å²) in [6, 6.07) is 6.42. The van der Waals surface area contributed by atoms with E-state index in [1.165, 1.54) is 6.26 Å². The van der Waals surface area contributed by atoms with Crippen LogP contribution in [0.1, 0.15) is 37.2 Å². The first kappa shape index (κ1) is 23.0. The average Bonchev–Trinajstić information content (AvgIpc) is 3.54. The van der Waals surface area contributed by atoms with Gasteiger partial charge in [0.15, 0.2) is 5.76 Å². The summed E-state index contributed by atoms with van der Waals surface area (Å²) in [5, 5.41) is 2.98. The molecule has 0 bridgehead atoms. The molecule has 1 unspecified atom stereocenters. The highest BCUT2D eigenvalue weighted by Gasteiger charge is 2.36. The minimum absolute atomic E-state index is 0.234. The zero-order chi connectivity index (χ0) is 23.2. The van der Waals surface area contributed by atoms with Crippen LogP contribution in [0.5, 0.6) is 11.5 Å². The highest BCUT2D eigenvalue weighted by molar-refractivity contribution is 6.01. The number of rotatable bonds is 8. The molecule has 33 heavy (non-hydrogen) atoms. The van der Waals surface area contributed by atoms with Crippen LogP contribution < -0.4 is 19.7 Å². The number of morpholine rings is 1. The summed E-state index contributed by atoms with van der Waals surface area (Å²) in [4.78, 5) is 29.8. The van der Waals surface area contributed by atoms with Gasteiger partial charge in [0, 0.05) is 31.8 Å². The van der Waals surface area contributed by atoms with Crippen LogP contribution in [-0.2, 0) is 9.53 Å². The maximum Gasteiger partial charge on any atom is 0.290 e. The van der Waals surface area contributed by atoms with Crippen LogP contribution in [0.15, 0.2) is 34.9 Å². The van der Waals surface area contributed by atoms with Crippen molar-refractivity contribution in [3.63, 3.8) is 0 Å². The number of hydrogen-bond donors (Lipinski definition) is 1. The zero-order valence-corrected chi connectivity index (χ0v) is 19.2. The van der Waals surface area contributed by atoms with E-state index in [2.05, 4.69) is 10.2 Å². The third kappa shape index (κ3) is 5.08. The highest BCUT2D eigenvalue weighted by atomic mass is 16.5. The number of carbonyl (C=O) groups excluding carboxylic acids is 2. The maximum atomic E-state index is 13.3. The average molecular weight is 458 g/mol. The topological polar surface area (TPSA) is 93.5 Å². The van der Waals surface area contributed by atoms with Crippen LogP contribution in [0.25, 0.3) is 0 Å². The quantitative estimate of drug-likeness (QED) is 0.651. The number of carbonyl (C=O) groups is 2. The molecule has 1 N–H and O–H groups in total. The Kier molecular flexibility index (Phi) is 7.39. The lowest BCUT2D eigenvalue weighted by atomic mass is 10.1. The molecule has 178 valence electrons. The van der Waals surface area contributed by atoms with Crippen LogP contribution in [0, 0.1) is 0 Å². The van der Waals surface area contributed by atoms with E-state index < -0.39 is 6.04 Å². The fourth-order valence-corrected chi connectivity index (χ4v) is 4.28. The minimum atomic E-state index is -0.577.